The molecule has 0 bridgehead atoms. The van der Waals surface area contributed by atoms with Gasteiger partial charge in [0.25, 0.3) is 5.69 Å². The zero-order valence-electron chi connectivity index (χ0n) is 9.85. The van der Waals surface area contributed by atoms with Crippen LogP contribution in [0.2, 0.25) is 5.02 Å². The van der Waals surface area contributed by atoms with Crippen LogP contribution in [-0.2, 0) is 6.42 Å². The molecule has 0 atom stereocenters. The molecule has 0 saturated heterocycles. The molecule has 0 heterocycles. The molecule has 0 aromatic heterocycles. The van der Waals surface area contributed by atoms with Gasteiger partial charge in [-0.05, 0) is 18.6 Å². The van der Waals surface area contributed by atoms with Crippen LogP contribution in [0.5, 0.6) is 0 Å². The number of nitro groups is 1. The highest BCUT2D eigenvalue weighted by atomic mass is 35.5. The predicted octanol–water partition coefficient (Wildman–Crippen LogP) is 4.18. The van der Waals surface area contributed by atoms with E-state index in [-0.39, 0.29) is 12.1 Å². The minimum Gasteiger partial charge on any atom is -0.258 e. The van der Waals surface area contributed by atoms with E-state index in [2.05, 4.69) is 0 Å². The van der Waals surface area contributed by atoms with E-state index in [4.69, 9.17) is 11.6 Å². The molecule has 0 unspecified atom stereocenters. The number of hydrogen-bond acceptors (Lipinski definition) is 2. The van der Waals surface area contributed by atoms with Gasteiger partial charge in [0.15, 0.2) is 0 Å². The van der Waals surface area contributed by atoms with Crippen molar-refractivity contribution < 1.29 is 9.31 Å². The second kappa shape index (κ2) is 5.80. The van der Waals surface area contributed by atoms with Crippen molar-refractivity contribution >= 4 is 17.3 Å². The molecule has 0 aliphatic carbocycles. The monoisotopic (exact) mass is 278 g/mol. The first-order valence-corrected chi connectivity index (χ1v) is 5.97. The summed E-state index contributed by atoms with van der Waals surface area (Å²) in [5, 5.41) is 11.2. The lowest BCUT2D eigenvalue weighted by Gasteiger charge is -2.06. The fraction of sp³-hybridized carbons (Fsp3) is 0.0714. The third kappa shape index (κ3) is 3.09. The first-order valence-electron chi connectivity index (χ1n) is 5.59. The van der Waals surface area contributed by atoms with E-state index in [0.29, 0.717) is 16.1 Å². The van der Waals surface area contributed by atoms with E-state index in [0.717, 1.165) is 0 Å². The fourth-order valence-corrected chi connectivity index (χ4v) is 2.01. The summed E-state index contributed by atoms with van der Waals surface area (Å²) in [5.74, 6) is -0.415. The number of para-hydroxylation sites is 1. The van der Waals surface area contributed by atoms with Gasteiger partial charge in [-0.1, -0.05) is 35.9 Å². The summed E-state index contributed by atoms with van der Waals surface area (Å²) < 4.78 is 13.6. The van der Waals surface area contributed by atoms with E-state index < -0.39 is 10.7 Å². The number of rotatable bonds is 4. The molecule has 3 nitrogen and oxygen atoms in total. The van der Waals surface area contributed by atoms with Gasteiger partial charge in [0.2, 0.25) is 0 Å². The third-order valence-electron chi connectivity index (χ3n) is 2.72. The molecule has 1 radical (unpaired) electrons. The van der Waals surface area contributed by atoms with Crippen LogP contribution in [-0.4, -0.2) is 4.92 Å². The van der Waals surface area contributed by atoms with E-state index in [9.17, 15) is 14.5 Å². The molecule has 2 aromatic rings. The fourth-order valence-electron chi connectivity index (χ4n) is 1.77. The van der Waals surface area contributed by atoms with Gasteiger partial charge in [-0.2, -0.15) is 0 Å². The smallest absolute Gasteiger partial charge is 0.258 e. The minimum absolute atomic E-state index is 0.00467. The van der Waals surface area contributed by atoms with Gasteiger partial charge in [0.1, 0.15) is 5.82 Å². The zero-order valence-corrected chi connectivity index (χ0v) is 10.6. The van der Waals surface area contributed by atoms with Crippen molar-refractivity contribution in [3.63, 3.8) is 0 Å². The van der Waals surface area contributed by atoms with E-state index in [1.807, 2.05) is 0 Å². The Morgan fingerprint density at radius 1 is 1.21 bits per heavy atom. The Bertz CT molecular complexity index is 596. The van der Waals surface area contributed by atoms with Crippen LogP contribution in [0.25, 0.3) is 0 Å². The van der Waals surface area contributed by atoms with Gasteiger partial charge in [-0.25, -0.2) is 4.39 Å². The Labute approximate surface area is 114 Å². The quantitative estimate of drug-likeness (QED) is 0.622. The first-order chi connectivity index (χ1) is 9.09. The summed E-state index contributed by atoms with van der Waals surface area (Å²) in [6.07, 6.45) is 1.80. The molecule has 97 valence electrons. The SMILES string of the molecule is O=[N+]([O-])c1ccccc1[CH]Cc1c(F)cccc1Cl. The molecule has 2 rings (SSSR count). The normalized spacial score (nSPS) is 10.4. The molecule has 5 heteroatoms. The lowest BCUT2D eigenvalue weighted by molar-refractivity contribution is -0.385. The number of halogens is 2. The Kier molecular flexibility index (Phi) is 4.12. The van der Waals surface area contributed by atoms with Gasteiger partial charge in [-0.3, -0.25) is 10.1 Å². The largest absolute Gasteiger partial charge is 0.272 e. The Balaban J connectivity index is 2.22. The second-order valence-corrected chi connectivity index (χ2v) is 4.33. The average molecular weight is 279 g/mol. The van der Waals surface area contributed by atoms with Crippen LogP contribution >= 0.6 is 11.6 Å². The third-order valence-corrected chi connectivity index (χ3v) is 3.08. The van der Waals surface area contributed by atoms with Gasteiger partial charge in [0, 0.05) is 28.6 Å². The van der Waals surface area contributed by atoms with Gasteiger partial charge < -0.3 is 0 Å². The van der Waals surface area contributed by atoms with Crippen LogP contribution in [0.1, 0.15) is 11.1 Å². The highest BCUT2D eigenvalue weighted by Crippen LogP contribution is 2.25. The molecule has 0 aliphatic heterocycles. The van der Waals surface area contributed by atoms with Crippen molar-refractivity contribution in [3.05, 3.63) is 81.0 Å². The summed E-state index contributed by atoms with van der Waals surface area (Å²) in [6, 6.07) is 10.7. The first kappa shape index (κ1) is 13.5. The number of nitro benzene ring substituents is 1. The maximum Gasteiger partial charge on any atom is 0.272 e. The van der Waals surface area contributed by atoms with E-state index in [1.54, 1.807) is 30.7 Å². The molecular weight excluding hydrogens is 269 g/mol. The zero-order chi connectivity index (χ0) is 13.8. The molecule has 0 fully saturated rings. The van der Waals surface area contributed by atoms with Crippen molar-refractivity contribution in [2.75, 3.05) is 0 Å². The summed E-state index contributed by atoms with van der Waals surface area (Å²) >= 11 is 5.90. The number of nitrogens with zero attached hydrogens (tertiary/aromatic N) is 1. The predicted molar refractivity (Wildman–Crippen MR) is 71.6 cm³/mol. The van der Waals surface area contributed by atoms with Crippen molar-refractivity contribution in [2.45, 2.75) is 6.42 Å². The summed E-state index contributed by atoms with van der Waals surface area (Å²) in [7, 11) is 0. The molecular formula is C14H10ClFNO2. The molecule has 2 aromatic carbocycles. The maximum absolute atomic E-state index is 13.6. The lowest BCUT2D eigenvalue weighted by Crippen LogP contribution is -1.98. The van der Waals surface area contributed by atoms with Crippen molar-refractivity contribution in [2.24, 2.45) is 0 Å². The van der Waals surface area contributed by atoms with Crippen LogP contribution in [0.15, 0.2) is 42.5 Å². The summed E-state index contributed by atoms with van der Waals surface area (Å²) in [6.45, 7) is 0. The lowest BCUT2D eigenvalue weighted by atomic mass is 10.0. The maximum atomic E-state index is 13.6. The second-order valence-electron chi connectivity index (χ2n) is 3.92. The topological polar surface area (TPSA) is 43.1 Å². The van der Waals surface area contributed by atoms with Gasteiger partial charge >= 0.3 is 0 Å². The highest BCUT2D eigenvalue weighted by Gasteiger charge is 2.14. The highest BCUT2D eigenvalue weighted by molar-refractivity contribution is 6.31. The van der Waals surface area contributed by atoms with E-state index in [1.165, 1.54) is 18.2 Å². The summed E-state index contributed by atoms with van der Waals surface area (Å²) in [5.41, 5.74) is 0.782. The summed E-state index contributed by atoms with van der Waals surface area (Å²) in [4.78, 5) is 10.4. The standard InChI is InChI=1S/C14H10ClFNO2/c15-12-5-3-6-13(16)11(12)9-8-10-4-1-2-7-14(10)17(18)19/h1-8H,9H2. The van der Waals surface area contributed by atoms with Gasteiger partial charge in [0.05, 0.1) is 4.92 Å². The van der Waals surface area contributed by atoms with Crippen molar-refractivity contribution in [1.29, 1.82) is 0 Å². The number of hydrogen-bond donors (Lipinski definition) is 0. The Morgan fingerprint density at radius 2 is 1.95 bits per heavy atom. The molecule has 19 heavy (non-hydrogen) atoms. The Morgan fingerprint density at radius 3 is 2.63 bits per heavy atom. The average Bonchev–Trinajstić information content (AvgIpc) is 2.38. The van der Waals surface area contributed by atoms with Crippen LogP contribution in [0, 0.1) is 22.4 Å². The molecule has 0 spiro atoms. The molecule has 0 aliphatic rings. The van der Waals surface area contributed by atoms with Crippen LogP contribution in [0.4, 0.5) is 10.1 Å². The van der Waals surface area contributed by atoms with E-state index >= 15 is 0 Å². The molecule has 0 saturated carbocycles. The van der Waals surface area contributed by atoms with Crippen molar-refractivity contribution in [1.82, 2.24) is 0 Å². The van der Waals surface area contributed by atoms with Crippen molar-refractivity contribution in [3.8, 4) is 0 Å². The number of benzene rings is 2. The molecule has 0 N–H and O–H groups in total. The molecule has 0 amide bonds. The van der Waals surface area contributed by atoms with Gasteiger partial charge in [-0.15, -0.1) is 0 Å². The minimum atomic E-state index is -0.464. The Hall–Kier alpha value is -1.94. The van der Waals surface area contributed by atoms with Crippen LogP contribution in [0.3, 0.4) is 0 Å². The van der Waals surface area contributed by atoms with Crippen LogP contribution < -0.4 is 0 Å².